The van der Waals surface area contributed by atoms with Gasteiger partial charge in [0.15, 0.2) is 0 Å². The molecule has 2 heterocycles. The monoisotopic (exact) mass is 457 g/mol. The molecule has 0 radical (unpaired) electrons. The fraction of sp³-hybridized carbons (Fsp3) is 0.375. The van der Waals surface area contributed by atoms with Crippen LogP contribution in [0.5, 0.6) is 0 Å². The van der Waals surface area contributed by atoms with Crippen molar-refractivity contribution in [2.75, 3.05) is 37.6 Å². The van der Waals surface area contributed by atoms with Crippen molar-refractivity contribution in [3.63, 3.8) is 0 Å². The Morgan fingerprint density at radius 3 is 2.28 bits per heavy atom. The van der Waals surface area contributed by atoms with Crippen LogP contribution in [0.1, 0.15) is 27.9 Å². The van der Waals surface area contributed by atoms with E-state index in [1.54, 1.807) is 14.7 Å². The smallest absolute Gasteiger partial charge is 0.255 e. The molecule has 0 saturated carbocycles. The van der Waals surface area contributed by atoms with Gasteiger partial charge in [0.2, 0.25) is 11.8 Å². The molecular formula is C24H25ClFN3O3. The van der Waals surface area contributed by atoms with Crippen LogP contribution >= 0.6 is 11.6 Å². The average molecular weight is 458 g/mol. The maximum absolute atomic E-state index is 13.3. The van der Waals surface area contributed by atoms with Crippen molar-refractivity contribution in [2.24, 2.45) is 5.92 Å². The van der Waals surface area contributed by atoms with Gasteiger partial charge in [-0.2, -0.15) is 0 Å². The van der Waals surface area contributed by atoms with E-state index in [0.717, 1.165) is 22.9 Å². The molecule has 2 saturated heterocycles. The number of nitrogens with zero attached hydrogens (tertiary/aromatic N) is 3. The van der Waals surface area contributed by atoms with Crippen molar-refractivity contribution < 1.29 is 18.8 Å². The predicted octanol–water partition coefficient (Wildman–Crippen LogP) is 3.43. The Balaban J connectivity index is 1.37. The number of rotatable bonds is 3. The number of halogens is 2. The first kappa shape index (κ1) is 22.3. The van der Waals surface area contributed by atoms with Crippen LogP contribution in [-0.4, -0.2) is 60.2 Å². The van der Waals surface area contributed by atoms with E-state index in [0.29, 0.717) is 39.1 Å². The van der Waals surface area contributed by atoms with Gasteiger partial charge >= 0.3 is 0 Å². The molecule has 2 aliphatic rings. The molecule has 2 aromatic rings. The Bertz CT molecular complexity index is 1080. The van der Waals surface area contributed by atoms with Gasteiger partial charge in [-0.05, 0) is 61.7 Å². The first-order valence-electron chi connectivity index (χ1n) is 10.7. The Hall–Kier alpha value is -2.93. The number of piperazine rings is 1. The van der Waals surface area contributed by atoms with Crippen LogP contribution in [0.15, 0.2) is 36.4 Å². The molecule has 2 fully saturated rings. The number of benzene rings is 2. The van der Waals surface area contributed by atoms with E-state index in [9.17, 15) is 18.8 Å². The summed E-state index contributed by atoms with van der Waals surface area (Å²) in [5.74, 6) is -1.84. The zero-order valence-electron chi connectivity index (χ0n) is 18.1. The fourth-order valence-corrected chi connectivity index (χ4v) is 4.49. The average Bonchev–Trinajstić information content (AvgIpc) is 3.16. The summed E-state index contributed by atoms with van der Waals surface area (Å²) in [4.78, 5) is 43.7. The van der Waals surface area contributed by atoms with Crippen LogP contribution in [0, 0.1) is 25.6 Å². The first-order chi connectivity index (χ1) is 15.3. The predicted molar refractivity (Wildman–Crippen MR) is 120 cm³/mol. The molecule has 0 spiro atoms. The summed E-state index contributed by atoms with van der Waals surface area (Å²) in [5.41, 5.74) is 3.32. The van der Waals surface area contributed by atoms with Crippen molar-refractivity contribution in [1.29, 1.82) is 0 Å². The molecule has 8 heteroatoms. The highest BCUT2D eigenvalue weighted by atomic mass is 35.5. The zero-order valence-corrected chi connectivity index (χ0v) is 18.9. The molecule has 6 nitrogen and oxygen atoms in total. The molecule has 0 aliphatic carbocycles. The standard InChI is InChI=1S/C24H25ClFN3O3/c1-15-3-5-18(13-16(15)2)29-8-7-20(24(29)32)23(31)28-11-9-27(10-12-28)22(30)19-6-4-17(26)14-21(19)25/h3-6,13-14,20H,7-12H2,1-2H3. The number of anilines is 1. The van der Waals surface area contributed by atoms with Gasteiger partial charge in [0.05, 0.1) is 10.6 Å². The second-order valence-corrected chi connectivity index (χ2v) is 8.75. The fourth-order valence-electron chi connectivity index (χ4n) is 4.24. The van der Waals surface area contributed by atoms with Crippen molar-refractivity contribution in [3.05, 3.63) is 63.9 Å². The van der Waals surface area contributed by atoms with E-state index in [4.69, 9.17) is 11.6 Å². The summed E-state index contributed by atoms with van der Waals surface area (Å²) < 4.78 is 13.3. The summed E-state index contributed by atoms with van der Waals surface area (Å²) in [7, 11) is 0. The van der Waals surface area contributed by atoms with Crippen molar-refractivity contribution in [2.45, 2.75) is 20.3 Å². The van der Waals surface area contributed by atoms with E-state index >= 15 is 0 Å². The molecule has 0 aromatic heterocycles. The first-order valence-corrected chi connectivity index (χ1v) is 11.1. The van der Waals surface area contributed by atoms with Crippen molar-refractivity contribution >= 4 is 35.0 Å². The highest BCUT2D eigenvalue weighted by Gasteiger charge is 2.40. The number of carbonyl (C=O) groups is 3. The van der Waals surface area contributed by atoms with Crippen LogP contribution in [0.2, 0.25) is 5.02 Å². The molecule has 168 valence electrons. The van der Waals surface area contributed by atoms with Gasteiger partial charge in [0, 0.05) is 38.4 Å². The van der Waals surface area contributed by atoms with E-state index < -0.39 is 11.7 Å². The summed E-state index contributed by atoms with van der Waals surface area (Å²) >= 11 is 6.01. The van der Waals surface area contributed by atoms with E-state index in [1.165, 1.54) is 12.1 Å². The molecule has 4 rings (SSSR count). The topological polar surface area (TPSA) is 60.9 Å². The maximum atomic E-state index is 13.3. The maximum Gasteiger partial charge on any atom is 0.255 e. The largest absolute Gasteiger partial charge is 0.338 e. The molecule has 2 aromatic carbocycles. The summed E-state index contributed by atoms with van der Waals surface area (Å²) in [6, 6.07) is 9.56. The number of aryl methyl sites for hydroxylation is 2. The Morgan fingerprint density at radius 1 is 0.938 bits per heavy atom. The molecule has 32 heavy (non-hydrogen) atoms. The van der Waals surface area contributed by atoms with Crippen LogP contribution in [0.3, 0.4) is 0 Å². The third-order valence-corrected chi connectivity index (χ3v) is 6.66. The highest BCUT2D eigenvalue weighted by molar-refractivity contribution is 6.33. The van der Waals surface area contributed by atoms with Crippen molar-refractivity contribution in [3.8, 4) is 0 Å². The normalized spacial score (nSPS) is 18.9. The molecule has 2 aliphatic heterocycles. The minimum absolute atomic E-state index is 0.0662. The minimum atomic E-state index is -0.689. The molecule has 1 unspecified atom stereocenters. The second-order valence-electron chi connectivity index (χ2n) is 8.34. The lowest BCUT2D eigenvalue weighted by molar-refractivity contribution is -0.141. The highest BCUT2D eigenvalue weighted by Crippen LogP contribution is 2.28. The number of amides is 3. The van der Waals surface area contributed by atoms with E-state index in [2.05, 4.69) is 0 Å². The van der Waals surface area contributed by atoms with Crippen LogP contribution in [-0.2, 0) is 9.59 Å². The van der Waals surface area contributed by atoms with Crippen LogP contribution < -0.4 is 4.90 Å². The van der Waals surface area contributed by atoms with Gasteiger partial charge in [-0.25, -0.2) is 4.39 Å². The Morgan fingerprint density at radius 2 is 1.62 bits per heavy atom. The third-order valence-electron chi connectivity index (χ3n) is 6.35. The van der Waals surface area contributed by atoms with E-state index in [-0.39, 0.29) is 28.3 Å². The molecule has 3 amide bonds. The van der Waals surface area contributed by atoms with Crippen LogP contribution in [0.25, 0.3) is 0 Å². The summed E-state index contributed by atoms with van der Waals surface area (Å²) in [6.07, 6.45) is 0.481. The number of carbonyl (C=O) groups excluding carboxylic acids is 3. The molecular weight excluding hydrogens is 433 g/mol. The number of hydrogen-bond acceptors (Lipinski definition) is 3. The van der Waals surface area contributed by atoms with Gasteiger partial charge in [0.25, 0.3) is 5.91 Å². The van der Waals surface area contributed by atoms with Gasteiger partial charge in [-0.3, -0.25) is 14.4 Å². The van der Waals surface area contributed by atoms with Crippen molar-refractivity contribution in [1.82, 2.24) is 9.80 Å². The second kappa shape index (κ2) is 8.90. The lowest BCUT2D eigenvalue weighted by Gasteiger charge is -2.35. The summed E-state index contributed by atoms with van der Waals surface area (Å²) in [5, 5.41) is 0.0662. The zero-order chi connectivity index (χ0) is 23.0. The lowest BCUT2D eigenvalue weighted by atomic mass is 10.1. The van der Waals surface area contributed by atoms with Gasteiger partial charge in [0.1, 0.15) is 11.7 Å². The Labute approximate surface area is 191 Å². The molecule has 0 bridgehead atoms. The van der Waals surface area contributed by atoms with Gasteiger partial charge < -0.3 is 14.7 Å². The van der Waals surface area contributed by atoms with Crippen LogP contribution in [0.4, 0.5) is 10.1 Å². The summed E-state index contributed by atoms with van der Waals surface area (Å²) in [6.45, 7) is 5.89. The van der Waals surface area contributed by atoms with Gasteiger partial charge in [-0.15, -0.1) is 0 Å². The number of hydrogen-bond donors (Lipinski definition) is 0. The molecule has 0 N–H and O–H groups in total. The minimum Gasteiger partial charge on any atom is -0.338 e. The van der Waals surface area contributed by atoms with E-state index in [1.807, 2.05) is 32.0 Å². The molecule has 1 atom stereocenters. The lowest BCUT2D eigenvalue weighted by Crippen LogP contribution is -2.52. The third kappa shape index (κ3) is 4.21. The quantitative estimate of drug-likeness (QED) is 0.663. The SMILES string of the molecule is Cc1ccc(N2CCC(C(=O)N3CCN(C(=O)c4ccc(F)cc4Cl)CC3)C2=O)cc1C. The Kier molecular flexibility index (Phi) is 6.20. The van der Waals surface area contributed by atoms with Gasteiger partial charge in [-0.1, -0.05) is 17.7 Å².